The Kier molecular flexibility index (Phi) is 5.02. The van der Waals surface area contributed by atoms with Crippen LogP contribution in [0.15, 0.2) is 12.4 Å². The van der Waals surface area contributed by atoms with Gasteiger partial charge in [-0.25, -0.2) is 0 Å². The zero-order valence-electron chi connectivity index (χ0n) is 13.8. The number of aryl methyl sites for hydroxylation is 2. The Hall–Kier alpha value is -0.800. The van der Waals surface area contributed by atoms with E-state index in [0.29, 0.717) is 6.04 Å². The van der Waals surface area contributed by atoms with Crippen LogP contribution in [0.4, 0.5) is 0 Å². The third-order valence-electron chi connectivity index (χ3n) is 5.55. The van der Waals surface area contributed by atoms with Gasteiger partial charge in [-0.15, -0.1) is 0 Å². The van der Waals surface area contributed by atoms with Crippen LogP contribution in [0, 0.1) is 0 Å². The van der Waals surface area contributed by atoms with Gasteiger partial charge in [-0.2, -0.15) is 0 Å². The number of nitrogens with zero attached hydrogens (tertiary/aromatic N) is 2. The summed E-state index contributed by atoms with van der Waals surface area (Å²) in [5.74, 6) is 0. The highest BCUT2D eigenvalue weighted by molar-refractivity contribution is 5.29. The zero-order chi connectivity index (χ0) is 14.7. The first-order valence-corrected chi connectivity index (χ1v) is 8.84. The molecule has 0 radical (unpaired) electrons. The molecule has 1 N–H and O–H groups in total. The maximum atomic E-state index is 3.50. The minimum Gasteiger partial charge on any atom is -0.354 e. The molecule has 2 atom stereocenters. The molecule has 0 aromatic carbocycles. The molecule has 2 unspecified atom stereocenters. The highest BCUT2D eigenvalue weighted by atomic mass is 15.1. The molecule has 3 rings (SSSR count). The summed E-state index contributed by atoms with van der Waals surface area (Å²) in [5.41, 5.74) is 3.15. The van der Waals surface area contributed by atoms with Gasteiger partial charge in [-0.05, 0) is 70.3 Å². The first-order valence-electron chi connectivity index (χ1n) is 8.84. The molecule has 3 heteroatoms. The minimum absolute atomic E-state index is 0.570. The van der Waals surface area contributed by atoms with Gasteiger partial charge in [0.1, 0.15) is 0 Å². The van der Waals surface area contributed by atoms with Crippen molar-refractivity contribution in [2.45, 2.75) is 70.0 Å². The molecule has 0 amide bonds. The van der Waals surface area contributed by atoms with Crippen molar-refractivity contribution < 1.29 is 0 Å². The largest absolute Gasteiger partial charge is 0.354 e. The van der Waals surface area contributed by atoms with Gasteiger partial charge in [0.05, 0.1) is 0 Å². The maximum absolute atomic E-state index is 3.50. The van der Waals surface area contributed by atoms with E-state index in [-0.39, 0.29) is 0 Å². The summed E-state index contributed by atoms with van der Waals surface area (Å²) in [6, 6.07) is 1.36. The average Bonchev–Trinajstić information content (AvgIpc) is 2.80. The lowest BCUT2D eigenvalue weighted by molar-refractivity contribution is 0.171. The zero-order valence-corrected chi connectivity index (χ0v) is 13.8. The molecule has 3 nitrogen and oxygen atoms in total. The lowest BCUT2D eigenvalue weighted by Gasteiger charge is -2.32. The number of hydrogen-bond donors (Lipinski definition) is 1. The minimum atomic E-state index is 0.570. The molecule has 2 aliphatic rings. The van der Waals surface area contributed by atoms with E-state index in [0.717, 1.165) is 6.04 Å². The number of nitrogens with one attached hydrogen (secondary N) is 1. The fraction of sp³-hybridized carbons (Fsp3) is 0.778. The number of fused-ring (bicyclic) bond motifs is 1. The van der Waals surface area contributed by atoms with Gasteiger partial charge in [0.25, 0.3) is 0 Å². The molecule has 1 fully saturated rings. The van der Waals surface area contributed by atoms with Gasteiger partial charge >= 0.3 is 0 Å². The van der Waals surface area contributed by atoms with Gasteiger partial charge in [-0.3, -0.25) is 0 Å². The molecule has 2 heterocycles. The van der Waals surface area contributed by atoms with Crippen LogP contribution in [0.2, 0.25) is 0 Å². The van der Waals surface area contributed by atoms with Crippen molar-refractivity contribution in [2.24, 2.45) is 0 Å². The summed E-state index contributed by atoms with van der Waals surface area (Å²) in [7, 11) is 4.40. The van der Waals surface area contributed by atoms with E-state index in [1.165, 1.54) is 64.5 Å². The predicted molar refractivity (Wildman–Crippen MR) is 88.7 cm³/mol. The van der Waals surface area contributed by atoms with Gasteiger partial charge < -0.3 is 14.8 Å². The molecular weight excluding hydrogens is 258 g/mol. The van der Waals surface area contributed by atoms with Crippen LogP contribution in [0.25, 0.3) is 0 Å². The smallest absolute Gasteiger partial charge is 0.0335 e. The van der Waals surface area contributed by atoms with Crippen LogP contribution in [-0.4, -0.2) is 36.1 Å². The van der Waals surface area contributed by atoms with Crippen LogP contribution in [0.1, 0.15) is 62.1 Å². The van der Waals surface area contributed by atoms with E-state index < -0.39 is 0 Å². The van der Waals surface area contributed by atoms with E-state index in [4.69, 9.17) is 0 Å². The first-order chi connectivity index (χ1) is 10.3. The van der Waals surface area contributed by atoms with Crippen LogP contribution < -0.4 is 5.32 Å². The third-order valence-corrected chi connectivity index (χ3v) is 5.55. The van der Waals surface area contributed by atoms with Crippen LogP contribution in [0.5, 0.6) is 0 Å². The molecule has 1 aromatic heterocycles. The van der Waals surface area contributed by atoms with Crippen molar-refractivity contribution in [1.82, 2.24) is 14.8 Å². The number of piperidine rings is 1. The number of likely N-dealkylation sites (tertiary alicyclic amines) is 1. The van der Waals surface area contributed by atoms with Crippen molar-refractivity contribution in [3.8, 4) is 0 Å². The fourth-order valence-corrected chi connectivity index (χ4v) is 4.15. The Balaban J connectivity index is 1.64. The first kappa shape index (κ1) is 15.1. The van der Waals surface area contributed by atoms with Crippen molar-refractivity contribution in [1.29, 1.82) is 0 Å². The second kappa shape index (κ2) is 6.97. The molecule has 0 spiro atoms. The normalized spacial score (nSPS) is 27.3. The van der Waals surface area contributed by atoms with Gasteiger partial charge in [0.2, 0.25) is 0 Å². The Labute approximate surface area is 129 Å². The Morgan fingerprint density at radius 2 is 2.00 bits per heavy atom. The highest BCUT2D eigenvalue weighted by Crippen LogP contribution is 2.29. The predicted octanol–water partition coefficient (Wildman–Crippen LogP) is 3.35. The van der Waals surface area contributed by atoms with Crippen LogP contribution in [0.3, 0.4) is 0 Å². The van der Waals surface area contributed by atoms with E-state index in [2.05, 4.69) is 41.3 Å². The summed E-state index contributed by atoms with van der Waals surface area (Å²) >= 11 is 0. The van der Waals surface area contributed by atoms with Crippen molar-refractivity contribution in [2.75, 3.05) is 20.6 Å². The highest BCUT2D eigenvalue weighted by Gasteiger charge is 2.21. The molecule has 118 valence electrons. The van der Waals surface area contributed by atoms with E-state index in [1.54, 1.807) is 11.1 Å². The maximum Gasteiger partial charge on any atom is 0.0335 e. The summed E-state index contributed by atoms with van der Waals surface area (Å²) < 4.78 is 2.46. The number of aromatic nitrogens is 1. The molecule has 1 aliphatic heterocycles. The standard InChI is InChI=1S/C18H31N3/c1-19-18-9-4-3-7-15-13-21(14-17(15)18)12-10-16-8-5-6-11-20(16)2/h13-14,16,18-19H,3-12H2,1-2H3. The Bertz CT molecular complexity index is 451. The lowest BCUT2D eigenvalue weighted by atomic mass is 10.0. The van der Waals surface area contributed by atoms with E-state index in [1.807, 2.05) is 0 Å². The summed E-state index contributed by atoms with van der Waals surface area (Å²) in [6.07, 6.45) is 15.6. The molecule has 1 aromatic rings. The van der Waals surface area contributed by atoms with Gasteiger partial charge in [-0.1, -0.05) is 12.8 Å². The van der Waals surface area contributed by atoms with E-state index >= 15 is 0 Å². The summed E-state index contributed by atoms with van der Waals surface area (Å²) in [5, 5.41) is 3.50. The second-order valence-corrected chi connectivity index (χ2v) is 6.98. The SMILES string of the molecule is CNC1CCCCc2cn(CCC3CCCCN3C)cc21. The van der Waals surface area contributed by atoms with Crippen molar-refractivity contribution in [3.05, 3.63) is 23.5 Å². The number of rotatable bonds is 4. The topological polar surface area (TPSA) is 20.2 Å². The second-order valence-electron chi connectivity index (χ2n) is 6.98. The monoisotopic (exact) mass is 289 g/mol. The van der Waals surface area contributed by atoms with Crippen LogP contribution >= 0.6 is 0 Å². The molecule has 1 saturated heterocycles. The van der Waals surface area contributed by atoms with E-state index in [9.17, 15) is 0 Å². The molecule has 21 heavy (non-hydrogen) atoms. The molecular formula is C18H31N3. The van der Waals surface area contributed by atoms with Crippen molar-refractivity contribution >= 4 is 0 Å². The molecule has 0 saturated carbocycles. The average molecular weight is 289 g/mol. The fourth-order valence-electron chi connectivity index (χ4n) is 4.15. The Morgan fingerprint density at radius 1 is 1.14 bits per heavy atom. The summed E-state index contributed by atoms with van der Waals surface area (Å²) in [4.78, 5) is 2.56. The van der Waals surface area contributed by atoms with Gasteiger partial charge in [0.15, 0.2) is 0 Å². The summed E-state index contributed by atoms with van der Waals surface area (Å²) in [6.45, 7) is 2.47. The van der Waals surface area contributed by atoms with Gasteiger partial charge in [0, 0.05) is 31.0 Å². The quantitative estimate of drug-likeness (QED) is 0.858. The Morgan fingerprint density at radius 3 is 2.81 bits per heavy atom. The lowest BCUT2D eigenvalue weighted by Crippen LogP contribution is -2.36. The third kappa shape index (κ3) is 3.51. The van der Waals surface area contributed by atoms with Crippen LogP contribution in [-0.2, 0) is 13.0 Å². The number of hydrogen-bond acceptors (Lipinski definition) is 2. The molecule has 0 bridgehead atoms. The molecule has 1 aliphatic carbocycles. The van der Waals surface area contributed by atoms with Crippen molar-refractivity contribution in [3.63, 3.8) is 0 Å².